The van der Waals surface area contributed by atoms with Crippen LogP contribution in [0, 0.1) is 11.7 Å². The largest absolute Gasteiger partial charge is 0.342 e. The Balaban J connectivity index is 2.00. The third kappa shape index (κ3) is 3.32. The molecule has 1 atom stereocenters. The monoisotopic (exact) mass is 264 g/mol. The van der Waals surface area contributed by atoms with Crippen molar-refractivity contribution in [2.75, 3.05) is 19.6 Å². The van der Waals surface area contributed by atoms with Gasteiger partial charge in [-0.15, -0.1) is 0 Å². The summed E-state index contributed by atoms with van der Waals surface area (Å²) >= 11 is 0. The van der Waals surface area contributed by atoms with Crippen LogP contribution in [0.5, 0.6) is 0 Å². The van der Waals surface area contributed by atoms with Crippen LogP contribution in [-0.2, 0) is 4.79 Å². The fraction of sp³-hybridized carbons (Fsp3) is 0.533. The van der Waals surface area contributed by atoms with E-state index in [0.29, 0.717) is 12.5 Å². The Bertz CT molecular complexity index is 442. The zero-order valence-electron chi connectivity index (χ0n) is 11.3. The van der Waals surface area contributed by atoms with E-state index in [-0.39, 0.29) is 17.6 Å². The van der Waals surface area contributed by atoms with Gasteiger partial charge in [0, 0.05) is 13.1 Å². The van der Waals surface area contributed by atoms with Crippen LogP contribution in [0.2, 0.25) is 0 Å². The zero-order valence-corrected chi connectivity index (χ0v) is 11.3. The molecule has 4 heteroatoms. The lowest BCUT2D eigenvalue weighted by Crippen LogP contribution is -2.41. The van der Waals surface area contributed by atoms with Gasteiger partial charge in [-0.25, -0.2) is 4.39 Å². The number of benzene rings is 1. The average Bonchev–Trinajstić information content (AvgIpc) is 2.46. The number of rotatable bonds is 3. The molecule has 0 spiro atoms. The molecule has 0 aliphatic carbocycles. The second kappa shape index (κ2) is 6.15. The lowest BCUT2D eigenvalue weighted by atomic mass is 9.94. The molecule has 104 valence electrons. The minimum Gasteiger partial charge on any atom is -0.342 e. The number of carbonyl (C=O) groups excluding carboxylic acids is 1. The molecular weight excluding hydrogens is 243 g/mol. The van der Waals surface area contributed by atoms with Crippen LogP contribution >= 0.6 is 0 Å². The SMILES string of the molecule is CC(C(=O)N1CCC(CN)CC1)c1cccc(F)c1. The van der Waals surface area contributed by atoms with E-state index in [1.807, 2.05) is 11.8 Å². The first-order chi connectivity index (χ1) is 9.11. The van der Waals surface area contributed by atoms with Gasteiger partial charge < -0.3 is 10.6 Å². The summed E-state index contributed by atoms with van der Waals surface area (Å²) in [5, 5.41) is 0. The Morgan fingerprint density at radius 3 is 2.74 bits per heavy atom. The van der Waals surface area contributed by atoms with Crippen LogP contribution in [0.25, 0.3) is 0 Å². The normalized spacial score (nSPS) is 18.4. The summed E-state index contributed by atoms with van der Waals surface area (Å²) in [6, 6.07) is 6.29. The van der Waals surface area contributed by atoms with Crippen molar-refractivity contribution in [3.05, 3.63) is 35.6 Å². The van der Waals surface area contributed by atoms with Crippen LogP contribution in [-0.4, -0.2) is 30.4 Å². The standard InChI is InChI=1S/C15H21FN2O/c1-11(13-3-2-4-14(16)9-13)15(19)18-7-5-12(10-17)6-8-18/h2-4,9,11-12H,5-8,10,17H2,1H3. The number of hydrogen-bond acceptors (Lipinski definition) is 2. The number of nitrogens with two attached hydrogens (primary N) is 1. The number of amides is 1. The van der Waals surface area contributed by atoms with Gasteiger partial charge in [0.1, 0.15) is 5.82 Å². The van der Waals surface area contributed by atoms with Gasteiger partial charge >= 0.3 is 0 Å². The number of piperidine rings is 1. The summed E-state index contributed by atoms with van der Waals surface area (Å²) in [5.41, 5.74) is 6.39. The number of likely N-dealkylation sites (tertiary alicyclic amines) is 1. The molecule has 1 aromatic rings. The first-order valence-corrected chi connectivity index (χ1v) is 6.86. The van der Waals surface area contributed by atoms with Crippen molar-refractivity contribution in [1.29, 1.82) is 0 Å². The number of halogens is 1. The smallest absolute Gasteiger partial charge is 0.229 e. The molecule has 1 heterocycles. The summed E-state index contributed by atoms with van der Waals surface area (Å²) in [7, 11) is 0. The van der Waals surface area contributed by atoms with E-state index in [2.05, 4.69) is 0 Å². The average molecular weight is 264 g/mol. The molecule has 0 radical (unpaired) electrons. The molecule has 1 aliphatic rings. The van der Waals surface area contributed by atoms with Crippen LogP contribution in [0.4, 0.5) is 4.39 Å². The highest BCUT2D eigenvalue weighted by molar-refractivity contribution is 5.83. The molecule has 3 nitrogen and oxygen atoms in total. The van der Waals surface area contributed by atoms with Gasteiger partial charge in [0.15, 0.2) is 0 Å². The minimum atomic E-state index is -0.293. The molecule has 2 rings (SSSR count). The van der Waals surface area contributed by atoms with Gasteiger partial charge in [-0.2, -0.15) is 0 Å². The maximum Gasteiger partial charge on any atom is 0.229 e. The first kappa shape index (κ1) is 14.0. The van der Waals surface area contributed by atoms with Gasteiger partial charge in [0.05, 0.1) is 5.92 Å². The van der Waals surface area contributed by atoms with Gasteiger partial charge in [-0.3, -0.25) is 4.79 Å². The second-order valence-electron chi connectivity index (χ2n) is 5.28. The number of hydrogen-bond donors (Lipinski definition) is 1. The number of nitrogens with zero attached hydrogens (tertiary/aromatic N) is 1. The summed E-state index contributed by atoms with van der Waals surface area (Å²) in [6.45, 7) is 4.06. The Hall–Kier alpha value is -1.42. The van der Waals surface area contributed by atoms with Crippen LogP contribution in [0.1, 0.15) is 31.2 Å². The van der Waals surface area contributed by atoms with Gasteiger partial charge in [-0.05, 0) is 49.9 Å². The summed E-state index contributed by atoms with van der Waals surface area (Å²) < 4.78 is 13.2. The molecule has 1 amide bonds. The molecule has 0 aromatic heterocycles. The van der Waals surface area contributed by atoms with Gasteiger partial charge in [0.25, 0.3) is 0 Å². The maximum atomic E-state index is 13.2. The quantitative estimate of drug-likeness (QED) is 0.909. The van der Waals surface area contributed by atoms with Crippen molar-refractivity contribution < 1.29 is 9.18 Å². The van der Waals surface area contributed by atoms with Crippen LogP contribution < -0.4 is 5.73 Å². The minimum absolute atomic E-state index is 0.0843. The molecule has 1 saturated heterocycles. The molecule has 0 saturated carbocycles. The molecule has 0 bridgehead atoms. The summed E-state index contributed by atoms with van der Waals surface area (Å²) in [5.74, 6) is 0.0405. The highest BCUT2D eigenvalue weighted by Crippen LogP contribution is 2.23. The van der Waals surface area contributed by atoms with Crippen LogP contribution in [0.15, 0.2) is 24.3 Å². The summed E-state index contributed by atoms with van der Waals surface area (Å²) in [6.07, 6.45) is 1.94. The Kier molecular flexibility index (Phi) is 4.53. The second-order valence-corrected chi connectivity index (χ2v) is 5.28. The molecule has 1 unspecified atom stereocenters. The third-order valence-electron chi connectivity index (χ3n) is 3.98. The Labute approximate surface area is 113 Å². The van der Waals surface area contributed by atoms with E-state index in [0.717, 1.165) is 31.5 Å². The van der Waals surface area contributed by atoms with Crippen molar-refractivity contribution in [2.24, 2.45) is 11.7 Å². The predicted molar refractivity (Wildman–Crippen MR) is 73.2 cm³/mol. The molecular formula is C15H21FN2O. The predicted octanol–water partition coefficient (Wildman–Crippen LogP) is 2.13. The Morgan fingerprint density at radius 2 is 2.16 bits per heavy atom. The topological polar surface area (TPSA) is 46.3 Å². The maximum absolute atomic E-state index is 13.2. The van der Waals surface area contributed by atoms with Gasteiger partial charge in [0.2, 0.25) is 5.91 Å². The zero-order chi connectivity index (χ0) is 13.8. The summed E-state index contributed by atoms with van der Waals surface area (Å²) in [4.78, 5) is 14.3. The first-order valence-electron chi connectivity index (χ1n) is 6.86. The van der Waals surface area contributed by atoms with Gasteiger partial charge in [-0.1, -0.05) is 12.1 Å². The highest BCUT2D eigenvalue weighted by atomic mass is 19.1. The van der Waals surface area contributed by atoms with Crippen molar-refractivity contribution in [2.45, 2.75) is 25.7 Å². The van der Waals surface area contributed by atoms with Crippen molar-refractivity contribution in [3.63, 3.8) is 0 Å². The van der Waals surface area contributed by atoms with Crippen molar-refractivity contribution >= 4 is 5.91 Å². The molecule has 1 aromatic carbocycles. The molecule has 2 N–H and O–H groups in total. The third-order valence-corrected chi connectivity index (χ3v) is 3.98. The number of carbonyl (C=O) groups is 1. The lowest BCUT2D eigenvalue weighted by molar-refractivity contribution is -0.133. The highest BCUT2D eigenvalue weighted by Gasteiger charge is 2.26. The van der Waals surface area contributed by atoms with E-state index >= 15 is 0 Å². The van der Waals surface area contributed by atoms with E-state index in [4.69, 9.17) is 5.73 Å². The molecule has 1 fully saturated rings. The molecule has 1 aliphatic heterocycles. The van der Waals surface area contributed by atoms with Crippen molar-refractivity contribution in [1.82, 2.24) is 4.90 Å². The molecule has 19 heavy (non-hydrogen) atoms. The van der Waals surface area contributed by atoms with E-state index in [9.17, 15) is 9.18 Å². The Morgan fingerprint density at radius 1 is 1.47 bits per heavy atom. The van der Waals surface area contributed by atoms with E-state index < -0.39 is 0 Å². The fourth-order valence-electron chi connectivity index (χ4n) is 2.58. The van der Waals surface area contributed by atoms with Crippen LogP contribution in [0.3, 0.4) is 0 Å². The fourth-order valence-corrected chi connectivity index (χ4v) is 2.58. The van der Waals surface area contributed by atoms with E-state index in [1.165, 1.54) is 12.1 Å². The lowest BCUT2D eigenvalue weighted by Gasteiger charge is -2.33. The van der Waals surface area contributed by atoms with E-state index in [1.54, 1.807) is 12.1 Å². The van der Waals surface area contributed by atoms with Crippen molar-refractivity contribution in [3.8, 4) is 0 Å².